The van der Waals surface area contributed by atoms with Gasteiger partial charge in [0.15, 0.2) is 0 Å². The number of nitrogens with zero attached hydrogens (tertiary/aromatic N) is 4. The van der Waals surface area contributed by atoms with Gasteiger partial charge in [-0.3, -0.25) is 29.5 Å². The third-order valence-corrected chi connectivity index (χ3v) is 11.8. The minimum atomic E-state index is -0.876. The molecule has 302 valence electrons. The summed E-state index contributed by atoms with van der Waals surface area (Å²) in [7, 11) is 1.54. The molecule has 0 spiro atoms. The first-order chi connectivity index (χ1) is 27.0. The van der Waals surface area contributed by atoms with Crippen molar-refractivity contribution in [1.29, 1.82) is 0 Å². The summed E-state index contributed by atoms with van der Waals surface area (Å²) in [5.41, 5.74) is 0.324. The Labute approximate surface area is 334 Å². The van der Waals surface area contributed by atoms with E-state index >= 15 is 0 Å². The van der Waals surface area contributed by atoms with Gasteiger partial charge < -0.3 is 20.1 Å². The first kappa shape index (κ1) is 39.9. The number of morpholine rings is 1. The number of rotatable bonds is 10. The highest BCUT2D eigenvalue weighted by Crippen LogP contribution is 2.58. The maximum absolute atomic E-state index is 13.7. The van der Waals surface area contributed by atoms with E-state index in [1.54, 1.807) is 11.7 Å². The third kappa shape index (κ3) is 8.13. The molecule has 5 amide bonds. The molecule has 3 fully saturated rings. The molecule has 3 heterocycles. The van der Waals surface area contributed by atoms with E-state index in [0.29, 0.717) is 37.4 Å². The number of amides is 5. The molecule has 2 aliphatic heterocycles. The number of hydrogen-bond acceptors (Lipinski definition) is 8. The summed E-state index contributed by atoms with van der Waals surface area (Å²) < 4.78 is 13.4. The largest absolute Gasteiger partial charge is 0.492 e. The van der Waals surface area contributed by atoms with Gasteiger partial charge in [0, 0.05) is 71.7 Å². The molecule has 1 aliphatic carbocycles. The van der Waals surface area contributed by atoms with Crippen LogP contribution in [0.5, 0.6) is 5.75 Å². The number of carbonyl (C=O) groups is 4. The maximum atomic E-state index is 13.7. The van der Waals surface area contributed by atoms with Crippen LogP contribution in [0.4, 0.5) is 16.3 Å². The SMILES string of the molecule is CN1C(=O)C2(C)CC(C)(C(=O)NCc3ccc(-n4nc(C(C)(C)C)cc4NC(=O)Nc4ccc(OCCN5CCOCC5)c5ccccc45)cc3)CC(C)(C2)C1=O. The van der Waals surface area contributed by atoms with Gasteiger partial charge in [-0.1, -0.05) is 77.9 Å². The molecular formula is C44H55N7O6. The summed E-state index contributed by atoms with van der Waals surface area (Å²) >= 11 is 0. The van der Waals surface area contributed by atoms with Crippen molar-refractivity contribution < 1.29 is 28.7 Å². The van der Waals surface area contributed by atoms with Gasteiger partial charge in [0.25, 0.3) is 0 Å². The lowest BCUT2D eigenvalue weighted by atomic mass is 9.51. The van der Waals surface area contributed by atoms with Crippen molar-refractivity contribution in [1.82, 2.24) is 24.9 Å². The van der Waals surface area contributed by atoms with E-state index in [1.165, 1.54) is 4.90 Å². The Morgan fingerprint density at radius 3 is 2.16 bits per heavy atom. The predicted octanol–water partition coefficient (Wildman–Crippen LogP) is 6.50. The van der Waals surface area contributed by atoms with E-state index in [1.807, 2.05) is 87.5 Å². The zero-order chi connectivity index (χ0) is 40.8. The molecule has 57 heavy (non-hydrogen) atoms. The molecule has 1 aromatic heterocycles. The highest BCUT2D eigenvalue weighted by molar-refractivity contribution is 6.07. The van der Waals surface area contributed by atoms with Crippen molar-refractivity contribution in [3.05, 3.63) is 78.0 Å². The van der Waals surface area contributed by atoms with Gasteiger partial charge in [-0.15, -0.1) is 0 Å². The van der Waals surface area contributed by atoms with Crippen LogP contribution in [0.1, 0.15) is 72.1 Å². The normalized spacial score (nSPS) is 24.0. The molecule has 7 rings (SSSR count). The Bertz CT molecular complexity index is 2160. The van der Waals surface area contributed by atoms with Crippen LogP contribution >= 0.6 is 0 Å². The van der Waals surface area contributed by atoms with E-state index < -0.39 is 22.3 Å². The number of piperidine rings is 1. The highest BCUT2D eigenvalue weighted by atomic mass is 16.5. The lowest BCUT2D eigenvalue weighted by Gasteiger charge is -2.55. The fourth-order valence-electron chi connectivity index (χ4n) is 9.21. The number of urea groups is 1. The number of carbonyl (C=O) groups excluding carboxylic acids is 4. The summed E-state index contributed by atoms with van der Waals surface area (Å²) in [4.78, 5) is 57.2. The molecule has 2 bridgehead atoms. The average Bonchev–Trinajstić information content (AvgIpc) is 3.61. The maximum Gasteiger partial charge on any atom is 0.324 e. The fraction of sp³-hybridized carbons (Fsp3) is 0.477. The quantitative estimate of drug-likeness (QED) is 0.155. The van der Waals surface area contributed by atoms with Crippen LogP contribution in [0.15, 0.2) is 66.7 Å². The smallest absolute Gasteiger partial charge is 0.324 e. The summed E-state index contributed by atoms with van der Waals surface area (Å²) in [6.07, 6.45) is 1.20. The zero-order valence-corrected chi connectivity index (χ0v) is 34.2. The zero-order valence-electron chi connectivity index (χ0n) is 34.2. The number of imide groups is 1. The minimum Gasteiger partial charge on any atom is -0.492 e. The Morgan fingerprint density at radius 2 is 1.51 bits per heavy atom. The monoisotopic (exact) mass is 777 g/mol. The number of likely N-dealkylation sites (tertiary alicyclic amines) is 1. The number of benzene rings is 3. The summed E-state index contributed by atoms with van der Waals surface area (Å²) in [5, 5.41) is 15.8. The predicted molar refractivity (Wildman–Crippen MR) is 219 cm³/mol. The van der Waals surface area contributed by atoms with Gasteiger partial charge in [-0.2, -0.15) is 5.10 Å². The van der Waals surface area contributed by atoms with Gasteiger partial charge >= 0.3 is 6.03 Å². The first-order valence-electron chi connectivity index (χ1n) is 19.8. The number of ether oxygens (including phenoxy) is 2. The van der Waals surface area contributed by atoms with E-state index in [9.17, 15) is 19.2 Å². The molecule has 3 aliphatic rings. The minimum absolute atomic E-state index is 0.174. The first-order valence-corrected chi connectivity index (χ1v) is 19.8. The highest BCUT2D eigenvalue weighted by Gasteiger charge is 2.62. The van der Waals surface area contributed by atoms with Crippen LogP contribution in [0.3, 0.4) is 0 Å². The van der Waals surface area contributed by atoms with Crippen LogP contribution in [0.25, 0.3) is 16.5 Å². The van der Waals surface area contributed by atoms with Crippen LogP contribution < -0.4 is 20.7 Å². The Kier molecular flexibility index (Phi) is 10.7. The second-order valence-corrected chi connectivity index (χ2v) is 17.8. The Hall–Kier alpha value is -5.27. The van der Waals surface area contributed by atoms with Crippen molar-refractivity contribution in [2.24, 2.45) is 16.2 Å². The molecule has 13 nitrogen and oxygen atoms in total. The van der Waals surface area contributed by atoms with Crippen molar-refractivity contribution in [2.75, 3.05) is 57.1 Å². The van der Waals surface area contributed by atoms with Crippen LogP contribution in [-0.2, 0) is 31.1 Å². The molecular weight excluding hydrogens is 723 g/mol. The Balaban J connectivity index is 1.03. The molecule has 0 radical (unpaired) electrons. The van der Waals surface area contributed by atoms with Gasteiger partial charge in [0.1, 0.15) is 18.2 Å². The van der Waals surface area contributed by atoms with E-state index in [0.717, 1.165) is 66.3 Å². The molecule has 2 unspecified atom stereocenters. The third-order valence-electron chi connectivity index (χ3n) is 11.8. The van der Waals surface area contributed by atoms with Crippen molar-refractivity contribution in [2.45, 2.75) is 72.8 Å². The summed E-state index contributed by atoms with van der Waals surface area (Å²) in [6.45, 7) is 16.7. The molecule has 3 N–H and O–H groups in total. The van der Waals surface area contributed by atoms with Crippen molar-refractivity contribution in [3.8, 4) is 11.4 Å². The van der Waals surface area contributed by atoms with Crippen LogP contribution in [0.2, 0.25) is 0 Å². The number of aromatic nitrogens is 2. The second kappa shape index (κ2) is 15.2. The standard InChI is InChI=1S/C44H55N7O6/c1-41(2,3)35-24-36(47-40(55)46-33-16-17-34(32-11-9-8-10-31(32)33)57-23-20-50-18-21-56-22-19-50)51(48-35)30-14-12-29(13-15-30)25-45-37(52)42(4)26-43(5)28-44(6,27-42)39(54)49(7)38(43)53/h8-17,24H,18-23,25-28H2,1-7H3,(H,45,52)(H2,46,47,55). The molecule has 13 heteroatoms. The molecule has 2 atom stereocenters. The summed E-state index contributed by atoms with van der Waals surface area (Å²) in [5.74, 6) is 0.644. The second-order valence-electron chi connectivity index (χ2n) is 17.8. The van der Waals surface area contributed by atoms with E-state index in [2.05, 4.69) is 41.6 Å². The molecule has 2 saturated heterocycles. The average molecular weight is 778 g/mol. The lowest BCUT2D eigenvalue weighted by Crippen LogP contribution is -2.63. The Morgan fingerprint density at radius 1 is 0.860 bits per heavy atom. The van der Waals surface area contributed by atoms with E-state index in [4.69, 9.17) is 14.6 Å². The van der Waals surface area contributed by atoms with Gasteiger partial charge in [-0.25, -0.2) is 9.48 Å². The van der Waals surface area contributed by atoms with Gasteiger partial charge in [0.05, 0.1) is 30.3 Å². The lowest BCUT2D eigenvalue weighted by molar-refractivity contribution is -0.178. The van der Waals surface area contributed by atoms with Gasteiger partial charge in [-0.05, 0) is 49.1 Å². The molecule has 3 aromatic carbocycles. The van der Waals surface area contributed by atoms with Crippen LogP contribution in [-0.4, -0.2) is 89.8 Å². The number of hydrogen-bond donors (Lipinski definition) is 3. The van der Waals surface area contributed by atoms with Crippen molar-refractivity contribution in [3.63, 3.8) is 0 Å². The number of anilines is 2. The van der Waals surface area contributed by atoms with Crippen LogP contribution in [0, 0.1) is 16.2 Å². The van der Waals surface area contributed by atoms with Gasteiger partial charge in [0.2, 0.25) is 17.7 Å². The topological polar surface area (TPSA) is 147 Å². The number of fused-ring (bicyclic) bond motifs is 3. The fourth-order valence-corrected chi connectivity index (χ4v) is 9.21. The van der Waals surface area contributed by atoms with Crippen molar-refractivity contribution >= 4 is 46.0 Å². The molecule has 1 saturated carbocycles. The number of nitrogens with one attached hydrogen (secondary N) is 3. The molecule has 4 aromatic rings. The van der Waals surface area contributed by atoms with E-state index in [-0.39, 0.29) is 29.7 Å². The summed E-state index contributed by atoms with van der Waals surface area (Å²) in [6, 6.07) is 20.7.